The summed E-state index contributed by atoms with van der Waals surface area (Å²) in [6.07, 6.45) is 6.78. The standard InChI is InChI=1S/C10H19NO/c1-2-10(3-1)11-8-9-4-6-12-7-5-9/h9-11H,1-8H2. The van der Waals surface area contributed by atoms with Crippen molar-refractivity contribution in [3.05, 3.63) is 0 Å². The highest BCUT2D eigenvalue weighted by Crippen LogP contribution is 2.20. The van der Waals surface area contributed by atoms with Gasteiger partial charge in [-0.15, -0.1) is 0 Å². The summed E-state index contributed by atoms with van der Waals surface area (Å²) in [5.74, 6) is 0.888. The third-order valence-corrected chi connectivity index (χ3v) is 3.14. The average molecular weight is 169 g/mol. The van der Waals surface area contributed by atoms with Crippen LogP contribution in [0.5, 0.6) is 0 Å². The van der Waals surface area contributed by atoms with E-state index >= 15 is 0 Å². The smallest absolute Gasteiger partial charge is 0.0469 e. The molecular formula is C10H19NO. The highest BCUT2D eigenvalue weighted by Gasteiger charge is 2.19. The Labute approximate surface area is 74.7 Å². The molecule has 2 heteroatoms. The fourth-order valence-corrected chi connectivity index (χ4v) is 1.90. The Hall–Kier alpha value is -0.0800. The molecule has 0 radical (unpaired) electrons. The van der Waals surface area contributed by atoms with Gasteiger partial charge in [0.1, 0.15) is 0 Å². The van der Waals surface area contributed by atoms with E-state index < -0.39 is 0 Å². The van der Waals surface area contributed by atoms with Gasteiger partial charge in [0, 0.05) is 19.3 Å². The van der Waals surface area contributed by atoms with Gasteiger partial charge in [-0.05, 0) is 38.1 Å². The van der Waals surface area contributed by atoms with Crippen molar-refractivity contribution in [1.29, 1.82) is 0 Å². The number of hydrogen-bond acceptors (Lipinski definition) is 2. The Balaban J connectivity index is 1.58. The van der Waals surface area contributed by atoms with Crippen LogP contribution in [0.15, 0.2) is 0 Å². The van der Waals surface area contributed by atoms with Crippen molar-refractivity contribution in [1.82, 2.24) is 5.32 Å². The molecule has 2 fully saturated rings. The molecule has 0 bridgehead atoms. The van der Waals surface area contributed by atoms with Crippen molar-refractivity contribution in [2.24, 2.45) is 5.92 Å². The van der Waals surface area contributed by atoms with Crippen LogP contribution < -0.4 is 5.32 Å². The van der Waals surface area contributed by atoms with Crippen LogP contribution in [0.1, 0.15) is 32.1 Å². The Morgan fingerprint density at radius 1 is 1.08 bits per heavy atom. The Bertz CT molecular complexity index is 128. The Morgan fingerprint density at radius 3 is 2.42 bits per heavy atom. The highest BCUT2D eigenvalue weighted by atomic mass is 16.5. The maximum atomic E-state index is 5.32. The van der Waals surface area contributed by atoms with Gasteiger partial charge in [0.15, 0.2) is 0 Å². The van der Waals surface area contributed by atoms with Crippen molar-refractivity contribution >= 4 is 0 Å². The maximum Gasteiger partial charge on any atom is 0.0469 e. The van der Waals surface area contributed by atoms with E-state index in [1.165, 1.54) is 38.6 Å². The van der Waals surface area contributed by atoms with E-state index in [1.54, 1.807) is 0 Å². The quantitative estimate of drug-likeness (QED) is 0.692. The third-order valence-electron chi connectivity index (χ3n) is 3.14. The fourth-order valence-electron chi connectivity index (χ4n) is 1.90. The van der Waals surface area contributed by atoms with Gasteiger partial charge >= 0.3 is 0 Å². The van der Waals surface area contributed by atoms with Crippen LogP contribution in [0.2, 0.25) is 0 Å². The van der Waals surface area contributed by atoms with Crippen LogP contribution in [0.4, 0.5) is 0 Å². The zero-order valence-corrected chi connectivity index (χ0v) is 7.72. The summed E-state index contributed by atoms with van der Waals surface area (Å²) in [4.78, 5) is 0. The summed E-state index contributed by atoms with van der Waals surface area (Å²) in [7, 11) is 0. The Morgan fingerprint density at radius 2 is 1.83 bits per heavy atom. The van der Waals surface area contributed by atoms with Gasteiger partial charge in [-0.3, -0.25) is 0 Å². The number of nitrogens with one attached hydrogen (secondary N) is 1. The molecule has 1 heterocycles. The maximum absolute atomic E-state index is 5.32. The lowest BCUT2D eigenvalue weighted by molar-refractivity contribution is 0.0644. The molecule has 2 nitrogen and oxygen atoms in total. The molecule has 2 rings (SSSR count). The van der Waals surface area contributed by atoms with Gasteiger partial charge in [0.2, 0.25) is 0 Å². The molecule has 1 saturated carbocycles. The van der Waals surface area contributed by atoms with E-state index in [-0.39, 0.29) is 0 Å². The second-order valence-corrected chi connectivity index (χ2v) is 4.09. The average Bonchev–Trinajstić information content (AvgIpc) is 2.04. The summed E-state index contributed by atoms with van der Waals surface area (Å²) >= 11 is 0. The van der Waals surface area contributed by atoms with E-state index in [9.17, 15) is 0 Å². The van der Waals surface area contributed by atoms with Crippen molar-refractivity contribution in [2.75, 3.05) is 19.8 Å². The van der Waals surface area contributed by atoms with Gasteiger partial charge in [0.05, 0.1) is 0 Å². The molecule has 2 aliphatic rings. The van der Waals surface area contributed by atoms with Crippen molar-refractivity contribution in [3.8, 4) is 0 Å². The van der Waals surface area contributed by atoms with Crippen LogP contribution in [0.25, 0.3) is 0 Å². The zero-order chi connectivity index (χ0) is 8.23. The summed E-state index contributed by atoms with van der Waals surface area (Å²) in [6, 6.07) is 0.854. The minimum absolute atomic E-state index is 0.854. The molecule has 0 aromatic carbocycles. The molecular weight excluding hydrogens is 150 g/mol. The van der Waals surface area contributed by atoms with Gasteiger partial charge < -0.3 is 10.1 Å². The Kier molecular flexibility index (Phi) is 3.01. The first kappa shape index (κ1) is 8.52. The fraction of sp³-hybridized carbons (Fsp3) is 1.00. The van der Waals surface area contributed by atoms with E-state index in [0.717, 1.165) is 25.2 Å². The molecule has 0 unspecified atom stereocenters. The predicted molar refractivity (Wildman–Crippen MR) is 49.2 cm³/mol. The van der Waals surface area contributed by atoms with Gasteiger partial charge in [-0.2, -0.15) is 0 Å². The minimum Gasteiger partial charge on any atom is -0.381 e. The van der Waals surface area contributed by atoms with Crippen molar-refractivity contribution in [2.45, 2.75) is 38.1 Å². The molecule has 0 atom stereocenters. The monoisotopic (exact) mass is 169 g/mol. The number of ether oxygens (including phenoxy) is 1. The van der Waals surface area contributed by atoms with E-state index in [0.29, 0.717) is 0 Å². The molecule has 12 heavy (non-hydrogen) atoms. The molecule has 1 aliphatic carbocycles. The molecule has 0 aromatic rings. The first-order chi connectivity index (χ1) is 5.95. The summed E-state index contributed by atoms with van der Waals surface area (Å²) < 4.78 is 5.32. The third kappa shape index (κ3) is 2.20. The summed E-state index contributed by atoms with van der Waals surface area (Å²) in [6.45, 7) is 3.20. The lowest BCUT2D eigenvalue weighted by atomic mass is 9.92. The topological polar surface area (TPSA) is 21.3 Å². The number of hydrogen-bond donors (Lipinski definition) is 1. The van der Waals surface area contributed by atoms with E-state index in [2.05, 4.69) is 5.32 Å². The van der Waals surface area contributed by atoms with E-state index in [1.807, 2.05) is 0 Å². The highest BCUT2D eigenvalue weighted by molar-refractivity contribution is 4.78. The van der Waals surface area contributed by atoms with Crippen LogP contribution in [-0.2, 0) is 4.74 Å². The van der Waals surface area contributed by atoms with Crippen LogP contribution >= 0.6 is 0 Å². The second kappa shape index (κ2) is 4.24. The predicted octanol–water partition coefficient (Wildman–Crippen LogP) is 1.56. The molecule has 70 valence electrons. The van der Waals surface area contributed by atoms with Gasteiger partial charge in [0.25, 0.3) is 0 Å². The van der Waals surface area contributed by atoms with Crippen molar-refractivity contribution < 1.29 is 4.74 Å². The van der Waals surface area contributed by atoms with Crippen LogP contribution in [0, 0.1) is 5.92 Å². The summed E-state index contributed by atoms with van der Waals surface area (Å²) in [5, 5.41) is 3.63. The first-order valence-corrected chi connectivity index (χ1v) is 5.26. The summed E-state index contributed by atoms with van der Waals surface area (Å²) in [5.41, 5.74) is 0. The molecule has 0 aromatic heterocycles. The molecule has 0 amide bonds. The largest absolute Gasteiger partial charge is 0.381 e. The lowest BCUT2D eigenvalue weighted by Gasteiger charge is -2.30. The number of rotatable bonds is 3. The van der Waals surface area contributed by atoms with Crippen LogP contribution in [0.3, 0.4) is 0 Å². The minimum atomic E-state index is 0.854. The normalized spacial score (nSPS) is 27.0. The molecule has 1 saturated heterocycles. The molecule has 1 aliphatic heterocycles. The van der Waals surface area contributed by atoms with Gasteiger partial charge in [-0.25, -0.2) is 0 Å². The van der Waals surface area contributed by atoms with Crippen molar-refractivity contribution in [3.63, 3.8) is 0 Å². The van der Waals surface area contributed by atoms with Gasteiger partial charge in [-0.1, -0.05) is 6.42 Å². The molecule has 1 N–H and O–H groups in total. The van der Waals surface area contributed by atoms with E-state index in [4.69, 9.17) is 4.74 Å². The first-order valence-electron chi connectivity index (χ1n) is 5.26. The SMILES string of the molecule is C1CC(NCC2CCOCC2)C1. The zero-order valence-electron chi connectivity index (χ0n) is 7.72. The second-order valence-electron chi connectivity index (χ2n) is 4.09. The lowest BCUT2D eigenvalue weighted by Crippen LogP contribution is -2.39. The van der Waals surface area contributed by atoms with Crippen LogP contribution in [-0.4, -0.2) is 25.8 Å². The molecule has 0 spiro atoms.